The number of anilines is 1. The Hall–Kier alpha value is -0.600. The molecule has 1 aliphatic rings. The molecule has 1 fully saturated rings. The number of hydrogen-bond donors (Lipinski definition) is 0. The third-order valence-corrected chi connectivity index (χ3v) is 5.20. The van der Waals surface area contributed by atoms with Crippen LogP contribution < -0.4 is 4.90 Å². The number of likely N-dealkylation sites (N-methyl/N-ethyl adjacent to an activating group) is 1. The van der Waals surface area contributed by atoms with Crippen molar-refractivity contribution in [1.29, 1.82) is 0 Å². The van der Waals surface area contributed by atoms with Gasteiger partial charge in [0.25, 0.3) is 0 Å². The van der Waals surface area contributed by atoms with Gasteiger partial charge in [0.15, 0.2) is 0 Å². The minimum absolute atomic E-state index is 0.210. The maximum Gasteiger partial charge on any atom is 0.211 e. The van der Waals surface area contributed by atoms with E-state index in [4.69, 9.17) is 0 Å². The molecule has 0 amide bonds. The van der Waals surface area contributed by atoms with Gasteiger partial charge in [-0.1, -0.05) is 0 Å². The summed E-state index contributed by atoms with van der Waals surface area (Å²) in [5.74, 6) is 1.02. The van der Waals surface area contributed by atoms with Crippen LogP contribution >= 0.6 is 15.9 Å². The Morgan fingerprint density at radius 3 is 2.79 bits per heavy atom. The molecule has 108 valence electrons. The second-order valence-corrected chi connectivity index (χ2v) is 7.88. The Kier molecular flexibility index (Phi) is 4.22. The van der Waals surface area contributed by atoms with Gasteiger partial charge in [-0.25, -0.2) is 12.7 Å². The number of aryl methyl sites for hydroxylation is 1. The van der Waals surface area contributed by atoms with Gasteiger partial charge in [0.2, 0.25) is 10.0 Å². The Morgan fingerprint density at radius 2 is 2.26 bits per heavy atom. The van der Waals surface area contributed by atoms with Crippen molar-refractivity contribution in [2.75, 3.05) is 31.3 Å². The van der Waals surface area contributed by atoms with Gasteiger partial charge in [-0.15, -0.1) is 0 Å². The fraction of sp³-hybridized carbons (Fsp3) is 0.727. The van der Waals surface area contributed by atoms with Crippen LogP contribution in [-0.4, -0.2) is 54.9 Å². The molecule has 0 radical (unpaired) electrons. The lowest BCUT2D eigenvalue weighted by atomic mass is 10.2. The van der Waals surface area contributed by atoms with Crippen molar-refractivity contribution in [2.45, 2.75) is 18.9 Å². The second-order valence-electron chi connectivity index (χ2n) is 4.98. The highest BCUT2D eigenvalue weighted by molar-refractivity contribution is 9.10. The minimum atomic E-state index is -3.13. The zero-order valence-electron chi connectivity index (χ0n) is 11.4. The van der Waals surface area contributed by atoms with Crippen molar-refractivity contribution in [3.8, 4) is 0 Å². The zero-order valence-corrected chi connectivity index (χ0v) is 13.8. The zero-order chi connectivity index (χ0) is 14.2. The molecule has 0 N–H and O–H groups in total. The van der Waals surface area contributed by atoms with Crippen LogP contribution in [0.1, 0.15) is 12.8 Å². The predicted octanol–water partition coefficient (Wildman–Crippen LogP) is 1.04. The monoisotopic (exact) mass is 350 g/mol. The molecule has 1 aliphatic heterocycles. The first-order valence-electron chi connectivity index (χ1n) is 6.16. The Balaban J connectivity index is 2.16. The lowest BCUT2D eigenvalue weighted by Crippen LogP contribution is -2.41. The molecule has 1 unspecified atom stereocenters. The number of halogens is 1. The minimum Gasteiger partial charge on any atom is -0.352 e. The van der Waals surface area contributed by atoms with Gasteiger partial charge in [-0.3, -0.25) is 4.68 Å². The lowest BCUT2D eigenvalue weighted by Gasteiger charge is -2.29. The molecule has 0 bridgehead atoms. The van der Waals surface area contributed by atoms with Crippen molar-refractivity contribution in [1.82, 2.24) is 14.1 Å². The average Bonchev–Trinajstić information content (AvgIpc) is 2.83. The number of nitrogens with zero attached hydrogens (tertiary/aromatic N) is 4. The number of hydrogen-bond acceptors (Lipinski definition) is 4. The van der Waals surface area contributed by atoms with Gasteiger partial charge in [0, 0.05) is 39.3 Å². The topological polar surface area (TPSA) is 58.4 Å². The Labute approximate surface area is 122 Å². The van der Waals surface area contributed by atoms with Crippen LogP contribution in [0.5, 0.6) is 0 Å². The largest absolute Gasteiger partial charge is 0.352 e. The van der Waals surface area contributed by atoms with E-state index in [-0.39, 0.29) is 6.04 Å². The Bertz CT molecular complexity index is 557. The van der Waals surface area contributed by atoms with Gasteiger partial charge in [0.05, 0.1) is 6.26 Å². The standard InChI is InChI=1S/C11H19BrN4O2S/c1-14(19(3,17)18)8-9-5-4-6-16(9)11-7-10(12)13-15(11)2/h7,9H,4-6,8H2,1-3H3. The molecule has 1 aromatic rings. The second kappa shape index (κ2) is 5.41. The Morgan fingerprint density at radius 1 is 1.58 bits per heavy atom. The quantitative estimate of drug-likeness (QED) is 0.814. The summed E-state index contributed by atoms with van der Waals surface area (Å²) in [6.07, 6.45) is 3.32. The summed E-state index contributed by atoms with van der Waals surface area (Å²) in [5.41, 5.74) is 0. The van der Waals surface area contributed by atoms with Crippen molar-refractivity contribution in [2.24, 2.45) is 7.05 Å². The number of sulfonamides is 1. The molecule has 6 nitrogen and oxygen atoms in total. The SMILES string of the molecule is CN(CC1CCCN1c1cc(Br)nn1C)S(C)(=O)=O. The van der Waals surface area contributed by atoms with Crippen LogP contribution in [-0.2, 0) is 17.1 Å². The van der Waals surface area contributed by atoms with E-state index in [0.29, 0.717) is 6.54 Å². The van der Waals surface area contributed by atoms with Gasteiger partial charge >= 0.3 is 0 Å². The van der Waals surface area contributed by atoms with Crippen LogP contribution in [0, 0.1) is 0 Å². The van der Waals surface area contributed by atoms with E-state index in [1.54, 1.807) is 7.05 Å². The molecule has 0 aromatic carbocycles. The first-order chi connectivity index (χ1) is 8.79. The summed E-state index contributed by atoms with van der Waals surface area (Å²) in [4.78, 5) is 2.24. The molecule has 0 spiro atoms. The van der Waals surface area contributed by atoms with E-state index in [1.165, 1.54) is 10.6 Å². The third-order valence-electron chi connectivity index (χ3n) is 3.53. The first kappa shape index (κ1) is 14.8. The highest BCUT2D eigenvalue weighted by atomic mass is 79.9. The summed E-state index contributed by atoms with van der Waals surface area (Å²) in [7, 11) is 0.403. The van der Waals surface area contributed by atoms with Crippen molar-refractivity contribution >= 4 is 31.8 Å². The van der Waals surface area contributed by atoms with E-state index in [2.05, 4.69) is 25.9 Å². The molecule has 0 aliphatic carbocycles. The van der Waals surface area contributed by atoms with Crippen LogP contribution in [0.2, 0.25) is 0 Å². The van der Waals surface area contributed by atoms with Gasteiger partial charge in [0.1, 0.15) is 10.4 Å². The van der Waals surface area contributed by atoms with Crippen LogP contribution in [0.4, 0.5) is 5.82 Å². The molecule has 8 heteroatoms. The van der Waals surface area contributed by atoms with Crippen molar-refractivity contribution < 1.29 is 8.42 Å². The first-order valence-corrected chi connectivity index (χ1v) is 8.80. The molecule has 1 saturated heterocycles. The number of rotatable bonds is 4. The molecule has 2 heterocycles. The van der Waals surface area contributed by atoms with Crippen LogP contribution in [0.15, 0.2) is 10.7 Å². The summed E-state index contributed by atoms with van der Waals surface area (Å²) in [5, 5.41) is 4.28. The van der Waals surface area contributed by atoms with E-state index in [1.807, 2.05) is 17.8 Å². The fourth-order valence-corrected chi connectivity index (χ4v) is 3.34. The van der Waals surface area contributed by atoms with E-state index >= 15 is 0 Å². The van der Waals surface area contributed by atoms with E-state index < -0.39 is 10.0 Å². The maximum atomic E-state index is 11.5. The van der Waals surface area contributed by atoms with E-state index in [0.717, 1.165) is 29.8 Å². The molecular weight excluding hydrogens is 332 g/mol. The molecule has 19 heavy (non-hydrogen) atoms. The smallest absolute Gasteiger partial charge is 0.211 e. The number of aromatic nitrogens is 2. The summed E-state index contributed by atoms with van der Waals surface area (Å²) >= 11 is 3.37. The van der Waals surface area contributed by atoms with E-state index in [9.17, 15) is 8.42 Å². The molecular formula is C11H19BrN4O2S. The summed E-state index contributed by atoms with van der Waals surface area (Å²) < 4.78 is 27.1. The van der Waals surface area contributed by atoms with Crippen LogP contribution in [0.25, 0.3) is 0 Å². The maximum absolute atomic E-state index is 11.5. The predicted molar refractivity (Wildman–Crippen MR) is 78.7 cm³/mol. The molecule has 0 saturated carbocycles. The van der Waals surface area contributed by atoms with Crippen molar-refractivity contribution in [3.05, 3.63) is 10.7 Å². The highest BCUT2D eigenvalue weighted by Gasteiger charge is 2.29. The van der Waals surface area contributed by atoms with Crippen LogP contribution in [0.3, 0.4) is 0 Å². The average molecular weight is 351 g/mol. The van der Waals surface area contributed by atoms with Gasteiger partial charge in [-0.05, 0) is 28.8 Å². The van der Waals surface area contributed by atoms with Crippen molar-refractivity contribution in [3.63, 3.8) is 0 Å². The highest BCUT2D eigenvalue weighted by Crippen LogP contribution is 2.27. The normalized spacial score (nSPS) is 20.5. The fourth-order valence-electron chi connectivity index (χ4n) is 2.45. The lowest BCUT2D eigenvalue weighted by molar-refractivity contribution is 0.435. The summed E-state index contributed by atoms with van der Waals surface area (Å²) in [6, 6.07) is 2.18. The molecule has 1 atom stereocenters. The van der Waals surface area contributed by atoms with Gasteiger partial charge in [-0.2, -0.15) is 5.10 Å². The molecule has 2 rings (SSSR count). The third kappa shape index (κ3) is 3.29. The van der Waals surface area contributed by atoms with Gasteiger partial charge < -0.3 is 4.90 Å². The molecule has 1 aromatic heterocycles. The summed E-state index contributed by atoms with van der Waals surface area (Å²) in [6.45, 7) is 1.45.